The summed E-state index contributed by atoms with van der Waals surface area (Å²) in [6.45, 7) is 0. The Balaban J connectivity index is 1.39. The summed E-state index contributed by atoms with van der Waals surface area (Å²) >= 11 is 0. The summed E-state index contributed by atoms with van der Waals surface area (Å²) < 4.78 is 0. The van der Waals surface area contributed by atoms with Crippen LogP contribution in [0.25, 0.3) is 0 Å². The minimum Gasteiger partial charge on any atom is -0.510 e. The fourth-order valence-corrected chi connectivity index (χ4v) is 8.28. The summed E-state index contributed by atoms with van der Waals surface area (Å²) in [5.41, 5.74) is 5.27. The van der Waals surface area contributed by atoms with Crippen molar-refractivity contribution in [1.29, 1.82) is 0 Å². The van der Waals surface area contributed by atoms with Crippen LogP contribution in [0.1, 0.15) is 66.4 Å². The number of likely N-dealkylation sites (N-methyl/N-ethyl adjacent to an activating group) is 1. The lowest BCUT2D eigenvalue weighted by Gasteiger charge is -2.50. The van der Waals surface area contributed by atoms with Crippen LogP contribution in [0.3, 0.4) is 0 Å². The molecule has 11 heteroatoms. The number of anilines is 1. The summed E-state index contributed by atoms with van der Waals surface area (Å²) in [4.78, 5) is 42.7. The van der Waals surface area contributed by atoms with Crippen LogP contribution in [0.2, 0.25) is 0 Å². The van der Waals surface area contributed by atoms with Gasteiger partial charge in [-0.1, -0.05) is 0 Å². The Morgan fingerprint density at radius 2 is 1.67 bits per heavy atom. The second kappa shape index (κ2) is 9.99. The maximum absolute atomic E-state index is 13.5. The standard InChI is InChI=1S/C32H42N4O7/c1-35(2)22-14-20(30(42)34-16-5-7-31(8-6-16)9-10-31)25(37)19-13-17-15(11-18(19)22)12-21-24(36(3)4)26(38)23(29(33)41)28(40)32(21,43)27(17)39/h14-16,21,24,37-39,43H,5-13H2,1-4H3,(H2,33,41)(H,34,42)/t15-,21-,24-,32-/m0/s1. The zero-order valence-electron chi connectivity index (χ0n) is 25.2. The van der Waals surface area contributed by atoms with Gasteiger partial charge < -0.3 is 36.4 Å². The number of primary amides is 1. The quantitative estimate of drug-likeness (QED) is 0.278. The van der Waals surface area contributed by atoms with E-state index in [9.17, 15) is 34.8 Å². The first-order chi connectivity index (χ1) is 20.2. The number of phenols is 1. The van der Waals surface area contributed by atoms with Crippen LogP contribution in [0, 0.1) is 17.3 Å². The molecule has 0 bridgehead atoms. The Morgan fingerprint density at radius 3 is 2.23 bits per heavy atom. The van der Waals surface area contributed by atoms with Crippen molar-refractivity contribution in [2.75, 3.05) is 33.1 Å². The highest BCUT2D eigenvalue weighted by molar-refractivity contribution is 6.24. The van der Waals surface area contributed by atoms with Gasteiger partial charge in [-0.05, 0) is 94.0 Å². The number of aliphatic hydroxyl groups is 3. The van der Waals surface area contributed by atoms with Crippen LogP contribution in [-0.2, 0) is 22.4 Å². The van der Waals surface area contributed by atoms with Crippen LogP contribution < -0.4 is 16.0 Å². The van der Waals surface area contributed by atoms with Gasteiger partial charge in [-0.15, -0.1) is 0 Å². The van der Waals surface area contributed by atoms with E-state index >= 15 is 0 Å². The monoisotopic (exact) mass is 594 g/mol. The summed E-state index contributed by atoms with van der Waals surface area (Å²) in [6, 6.07) is 0.810. The van der Waals surface area contributed by atoms with Crippen molar-refractivity contribution in [1.82, 2.24) is 10.2 Å². The van der Waals surface area contributed by atoms with Gasteiger partial charge in [-0.2, -0.15) is 0 Å². The minimum absolute atomic E-state index is 0.00210. The number of rotatable bonds is 5. The van der Waals surface area contributed by atoms with Crippen LogP contribution in [0.15, 0.2) is 28.7 Å². The Hall–Kier alpha value is -3.57. The summed E-state index contributed by atoms with van der Waals surface area (Å²) in [5.74, 6) is -5.25. The topological polar surface area (TPSA) is 177 Å². The Morgan fingerprint density at radius 1 is 1.02 bits per heavy atom. The summed E-state index contributed by atoms with van der Waals surface area (Å²) in [7, 11) is 7.02. The van der Waals surface area contributed by atoms with Crippen molar-refractivity contribution in [3.8, 4) is 5.75 Å². The number of aliphatic hydroxyl groups excluding tert-OH is 2. The number of fused-ring (bicyclic) bond motifs is 3. The average Bonchev–Trinajstić information content (AvgIpc) is 3.70. The first-order valence-corrected chi connectivity index (χ1v) is 15.1. The summed E-state index contributed by atoms with van der Waals surface area (Å²) in [6.07, 6.45) is 7.18. The number of benzene rings is 1. The molecule has 232 valence electrons. The molecule has 7 N–H and O–H groups in total. The van der Waals surface area contributed by atoms with Gasteiger partial charge >= 0.3 is 0 Å². The molecule has 2 amide bonds. The lowest BCUT2D eigenvalue weighted by Crippen LogP contribution is -2.63. The molecule has 2 saturated carbocycles. The lowest BCUT2D eigenvalue weighted by molar-refractivity contribution is -0.148. The summed E-state index contributed by atoms with van der Waals surface area (Å²) in [5, 5.41) is 49.1. The number of nitrogens with one attached hydrogen (secondary N) is 1. The Labute approximate surface area is 251 Å². The number of hydrogen-bond donors (Lipinski definition) is 6. The highest BCUT2D eigenvalue weighted by Crippen LogP contribution is 2.56. The zero-order valence-corrected chi connectivity index (χ0v) is 25.2. The van der Waals surface area contributed by atoms with E-state index in [-0.39, 0.29) is 42.0 Å². The van der Waals surface area contributed by atoms with Gasteiger partial charge in [-0.3, -0.25) is 19.3 Å². The van der Waals surface area contributed by atoms with Gasteiger partial charge in [0.2, 0.25) is 5.78 Å². The number of allylic oxidation sites excluding steroid dienone is 1. The van der Waals surface area contributed by atoms with E-state index in [0.717, 1.165) is 36.9 Å². The molecule has 0 unspecified atom stereocenters. The molecule has 11 nitrogen and oxygen atoms in total. The molecule has 1 aromatic rings. The molecule has 0 saturated heterocycles. The SMILES string of the molecule is CN(C)c1cc(C(=O)NC2CCC3(CC2)CC3)c(O)c2c1C[C@H]1C[C@H]3[C@H](N(C)C)C(O)=C(C(N)=O)C(=O)[C@@]3(O)C(O)=C1C2. The van der Waals surface area contributed by atoms with E-state index in [1.165, 1.54) is 12.8 Å². The lowest BCUT2D eigenvalue weighted by atomic mass is 9.58. The maximum atomic E-state index is 13.5. The van der Waals surface area contributed by atoms with Crippen molar-refractivity contribution in [3.05, 3.63) is 45.4 Å². The molecule has 4 atom stereocenters. The fourth-order valence-electron chi connectivity index (χ4n) is 8.28. The normalized spacial score (nSPS) is 29.7. The van der Waals surface area contributed by atoms with E-state index in [4.69, 9.17) is 5.73 Å². The molecule has 0 heterocycles. The van der Waals surface area contributed by atoms with Crippen molar-refractivity contribution in [2.45, 2.75) is 75.5 Å². The molecule has 0 aliphatic heterocycles. The van der Waals surface area contributed by atoms with Crippen molar-refractivity contribution < 1.29 is 34.8 Å². The van der Waals surface area contributed by atoms with Crippen LogP contribution in [0.4, 0.5) is 5.69 Å². The average molecular weight is 595 g/mol. The molecule has 5 aliphatic carbocycles. The molecule has 43 heavy (non-hydrogen) atoms. The van der Waals surface area contributed by atoms with E-state index < -0.39 is 46.3 Å². The zero-order chi connectivity index (χ0) is 31.2. The number of aromatic hydroxyl groups is 1. The molecule has 5 aliphatic rings. The van der Waals surface area contributed by atoms with Gasteiger partial charge in [0.1, 0.15) is 22.8 Å². The predicted octanol–water partition coefficient (Wildman–Crippen LogP) is 2.00. The minimum atomic E-state index is -2.48. The number of hydrogen-bond acceptors (Lipinski definition) is 9. The van der Waals surface area contributed by atoms with E-state index in [1.54, 1.807) is 25.1 Å². The van der Waals surface area contributed by atoms with Crippen LogP contribution >= 0.6 is 0 Å². The van der Waals surface area contributed by atoms with Gasteiger partial charge in [-0.25, -0.2) is 0 Å². The van der Waals surface area contributed by atoms with Crippen molar-refractivity contribution >= 4 is 23.3 Å². The molecule has 0 aromatic heterocycles. The maximum Gasteiger partial charge on any atom is 0.255 e. The van der Waals surface area contributed by atoms with E-state index in [0.29, 0.717) is 23.0 Å². The number of amides is 2. The van der Waals surface area contributed by atoms with Gasteiger partial charge in [0.15, 0.2) is 5.60 Å². The molecule has 2 fully saturated rings. The number of nitrogens with two attached hydrogens (primary N) is 1. The van der Waals surface area contributed by atoms with Gasteiger partial charge in [0.25, 0.3) is 11.8 Å². The third-order valence-corrected chi connectivity index (χ3v) is 10.9. The Kier molecular flexibility index (Phi) is 6.85. The van der Waals surface area contributed by atoms with Gasteiger partial charge in [0.05, 0.1) is 11.6 Å². The first kappa shape index (κ1) is 29.5. The smallest absolute Gasteiger partial charge is 0.255 e. The number of phenolic OH excluding ortho intramolecular Hbond substituents is 1. The molecule has 1 aromatic carbocycles. The van der Waals surface area contributed by atoms with E-state index in [2.05, 4.69) is 5.32 Å². The largest absolute Gasteiger partial charge is 0.510 e. The van der Waals surface area contributed by atoms with E-state index in [1.807, 2.05) is 19.0 Å². The van der Waals surface area contributed by atoms with Gasteiger partial charge in [0, 0.05) is 43.7 Å². The highest BCUT2D eigenvalue weighted by atomic mass is 16.3. The van der Waals surface area contributed by atoms with Crippen LogP contribution in [-0.4, -0.2) is 88.8 Å². The third kappa shape index (κ3) is 4.42. The van der Waals surface area contributed by atoms with Crippen molar-refractivity contribution in [3.63, 3.8) is 0 Å². The van der Waals surface area contributed by atoms with Crippen molar-refractivity contribution in [2.24, 2.45) is 23.0 Å². The molecule has 0 radical (unpaired) electrons. The third-order valence-electron chi connectivity index (χ3n) is 10.9. The number of nitrogens with zero attached hydrogens (tertiary/aromatic N) is 2. The molecular formula is C32H42N4O7. The molecule has 1 spiro atoms. The number of ketones is 1. The number of carbonyl (C=O) groups is 3. The number of Topliss-reactive ketones (excluding diaryl/α,β-unsaturated/α-hetero) is 1. The molecule has 6 rings (SSSR count). The first-order valence-electron chi connectivity index (χ1n) is 15.1. The fraction of sp³-hybridized carbons (Fsp3) is 0.594. The highest BCUT2D eigenvalue weighted by Gasteiger charge is 2.62. The number of carbonyl (C=O) groups excluding carboxylic acids is 3. The van der Waals surface area contributed by atoms with Crippen LogP contribution in [0.5, 0.6) is 5.75 Å². The Bertz CT molecular complexity index is 1480. The predicted molar refractivity (Wildman–Crippen MR) is 159 cm³/mol. The second-order valence-electron chi connectivity index (χ2n) is 13.8. The second-order valence-corrected chi connectivity index (χ2v) is 13.8. The molecular weight excluding hydrogens is 552 g/mol.